The fraction of sp³-hybridized carbons (Fsp3) is 0.133. The van der Waals surface area contributed by atoms with Gasteiger partial charge >= 0.3 is 5.97 Å². The van der Waals surface area contributed by atoms with E-state index in [2.05, 4.69) is 0 Å². The molecule has 0 aromatic heterocycles. The zero-order chi connectivity index (χ0) is 12.3. The van der Waals surface area contributed by atoms with Crippen LogP contribution in [0.4, 0.5) is 0 Å². The van der Waals surface area contributed by atoms with Crippen molar-refractivity contribution < 1.29 is 9.53 Å². The Kier molecular flexibility index (Phi) is 6.19. The van der Waals surface area contributed by atoms with Crippen LogP contribution in [0.5, 0.6) is 0 Å². The lowest BCUT2D eigenvalue weighted by molar-refractivity contribution is -0.142. The van der Waals surface area contributed by atoms with Gasteiger partial charge in [0.15, 0.2) is 0 Å². The van der Waals surface area contributed by atoms with Crippen LogP contribution in [0.2, 0.25) is 0 Å². The molecule has 2 heteroatoms. The molecular formula is C15H16O2. The van der Waals surface area contributed by atoms with Gasteiger partial charge in [0.05, 0.1) is 0 Å². The molecule has 0 aliphatic heterocycles. The molecule has 17 heavy (non-hydrogen) atoms. The summed E-state index contributed by atoms with van der Waals surface area (Å²) in [6.45, 7) is 1.78. The average Bonchev–Trinajstić information content (AvgIpc) is 2.40. The van der Waals surface area contributed by atoms with Gasteiger partial charge in [0, 0.05) is 6.92 Å². The SMILES string of the molecule is CC(=O)OCc1ccccc1.c1ccccc1. The predicted octanol–water partition coefficient (Wildman–Crippen LogP) is 3.44. The van der Waals surface area contributed by atoms with E-state index in [1.165, 1.54) is 6.92 Å². The van der Waals surface area contributed by atoms with Crippen molar-refractivity contribution in [2.24, 2.45) is 0 Å². The van der Waals surface area contributed by atoms with Gasteiger partial charge < -0.3 is 4.74 Å². The van der Waals surface area contributed by atoms with E-state index in [0.717, 1.165) is 5.56 Å². The van der Waals surface area contributed by atoms with Crippen LogP contribution >= 0.6 is 0 Å². The molecule has 0 atom stereocenters. The maximum Gasteiger partial charge on any atom is 0.302 e. The first kappa shape index (κ1) is 13.0. The van der Waals surface area contributed by atoms with Crippen LogP contribution in [0.1, 0.15) is 12.5 Å². The van der Waals surface area contributed by atoms with Gasteiger partial charge in [0.1, 0.15) is 6.61 Å². The van der Waals surface area contributed by atoms with E-state index < -0.39 is 0 Å². The highest BCUT2D eigenvalue weighted by Crippen LogP contribution is 1.99. The van der Waals surface area contributed by atoms with Crippen molar-refractivity contribution in [3.8, 4) is 0 Å². The number of carbonyl (C=O) groups is 1. The van der Waals surface area contributed by atoms with Gasteiger partial charge in [-0.3, -0.25) is 4.79 Å². The average molecular weight is 228 g/mol. The summed E-state index contributed by atoms with van der Waals surface area (Å²) in [7, 11) is 0. The highest BCUT2D eigenvalue weighted by Gasteiger charge is 1.93. The van der Waals surface area contributed by atoms with Crippen LogP contribution in [0.15, 0.2) is 66.7 Å². The van der Waals surface area contributed by atoms with Crippen LogP contribution in [0.25, 0.3) is 0 Å². The van der Waals surface area contributed by atoms with Gasteiger partial charge in [-0.1, -0.05) is 66.7 Å². The second-order valence-electron chi connectivity index (χ2n) is 3.42. The summed E-state index contributed by atoms with van der Waals surface area (Å²) in [6.07, 6.45) is 0. The standard InChI is InChI=1S/C9H10O2.C6H6/c1-8(10)11-7-9-5-3-2-4-6-9;1-2-4-6-5-3-1/h2-6H,7H2,1H3;1-6H. The molecule has 0 N–H and O–H groups in total. The lowest BCUT2D eigenvalue weighted by atomic mass is 10.2. The molecule has 0 amide bonds. The van der Waals surface area contributed by atoms with E-state index in [-0.39, 0.29) is 5.97 Å². The molecule has 2 nitrogen and oxygen atoms in total. The minimum Gasteiger partial charge on any atom is -0.461 e. The normalized spacial score (nSPS) is 8.76. The fourth-order valence-electron chi connectivity index (χ4n) is 1.14. The molecular weight excluding hydrogens is 212 g/mol. The third kappa shape index (κ3) is 6.90. The van der Waals surface area contributed by atoms with Gasteiger partial charge in [0.25, 0.3) is 0 Å². The molecule has 2 rings (SSSR count). The lowest BCUT2D eigenvalue weighted by Gasteiger charge is -1.99. The molecule has 2 aromatic carbocycles. The van der Waals surface area contributed by atoms with Crippen molar-refractivity contribution >= 4 is 5.97 Å². The Morgan fingerprint density at radius 3 is 1.71 bits per heavy atom. The zero-order valence-electron chi connectivity index (χ0n) is 9.87. The molecule has 0 saturated heterocycles. The van der Waals surface area contributed by atoms with Crippen molar-refractivity contribution in [3.63, 3.8) is 0 Å². The van der Waals surface area contributed by atoms with E-state index in [9.17, 15) is 4.79 Å². The topological polar surface area (TPSA) is 26.3 Å². The molecule has 0 heterocycles. The fourth-order valence-corrected chi connectivity index (χ4v) is 1.14. The highest BCUT2D eigenvalue weighted by atomic mass is 16.5. The quantitative estimate of drug-likeness (QED) is 0.736. The predicted molar refractivity (Wildman–Crippen MR) is 68.4 cm³/mol. The van der Waals surface area contributed by atoms with Crippen molar-refractivity contribution in [3.05, 3.63) is 72.3 Å². The second-order valence-corrected chi connectivity index (χ2v) is 3.42. The summed E-state index contributed by atoms with van der Waals surface area (Å²) in [5, 5.41) is 0. The molecule has 0 aliphatic rings. The number of rotatable bonds is 2. The largest absolute Gasteiger partial charge is 0.461 e. The van der Waals surface area contributed by atoms with E-state index >= 15 is 0 Å². The van der Waals surface area contributed by atoms with Gasteiger partial charge in [-0.05, 0) is 5.56 Å². The first-order valence-electron chi connectivity index (χ1n) is 5.46. The summed E-state index contributed by atoms with van der Waals surface area (Å²) in [5.41, 5.74) is 1.02. The number of hydrogen-bond acceptors (Lipinski definition) is 2. The van der Waals surface area contributed by atoms with Crippen LogP contribution in [-0.2, 0) is 16.1 Å². The van der Waals surface area contributed by atoms with Crippen molar-refractivity contribution in [1.29, 1.82) is 0 Å². The number of esters is 1. The summed E-state index contributed by atoms with van der Waals surface area (Å²) >= 11 is 0. The number of benzene rings is 2. The summed E-state index contributed by atoms with van der Waals surface area (Å²) in [6, 6.07) is 21.6. The maximum atomic E-state index is 10.4. The Bertz CT molecular complexity index is 383. The van der Waals surface area contributed by atoms with E-state index in [4.69, 9.17) is 4.74 Å². The van der Waals surface area contributed by atoms with Crippen LogP contribution in [0, 0.1) is 0 Å². The summed E-state index contributed by atoms with van der Waals surface area (Å²) in [4.78, 5) is 10.4. The minimum absolute atomic E-state index is 0.242. The minimum atomic E-state index is -0.242. The van der Waals surface area contributed by atoms with Crippen molar-refractivity contribution in [2.45, 2.75) is 13.5 Å². The first-order chi connectivity index (χ1) is 8.29. The van der Waals surface area contributed by atoms with Gasteiger partial charge in [0.2, 0.25) is 0 Å². The van der Waals surface area contributed by atoms with Gasteiger partial charge in [-0.2, -0.15) is 0 Å². The number of hydrogen-bond donors (Lipinski definition) is 0. The van der Waals surface area contributed by atoms with E-state index in [1.54, 1.807) is 0 Å². The smallest absolute Gasteiger partial charge is 0.302 e. The molecule has 0 bridgehead atoms. The Morgan fingerprint density at radius 1 is 0.882 bits per heavy atom. The number of ether oxygens (including phenoxy) is 1. The van der Waals surface area contributed by atoms with Crippen molar-refractivity contribution in [2.75, 3.05) is 0 Å². The third-order valence-electron chi connectivity index (χ3n) is 1.95. The Balaban J connectivity index is 0.000000202. The van der Waals surface area contributed by atoms with E-state index in [0.29, 0.717) is 6.61 Å². The number of carbonyl (C=O) groups excluding carboxylic acids is 1. The van der Waals surface area contributed by atoms with Gasteiger partial charge in [-0.15, -0.1) is 0 Å². The molecule has 0 spiro atoms. The molecule has 0 aliphatic carbocycles. The Morgan fingerprint density at radius 2 is 1.29 bits per heavy atom. The zero-order valence-corrected chi connectivity index (χ0v) is 9.87. The van der Waals surface area contributed by atoms with Crippen molar-refractivity contribution in [1.82, 2.24) is 0 Å². The molecule has 2 aromatic rings. The highest BCUT2D eigenvalue weighted by molar-refractivity contribution is 5.65. The first-order valence-corrected chi connectivity index (χ1v) is 5.46. The summed E-state index contributed by atoms with van der Waals surface area (Å²) in [5.74, 6) is -0.242. The second kappa shape index (κ2) is 8.11. The lowest BCUT2D eigenvalue weighted by Crippen LogP contribution is -1.97. The monoisotopic (exact) mass is 228 g/mol. The summed E-state index contributed by atoms with van der Waals surface area (Å²) < 4.78 is 4.79. The molecule has 0 radical (unpaired) electrons. The van der Waals surface area contributed by atoms with Crippen LogP contribution in [0.3, 0.4) is 0 Å². The Labute approximate surface area is 102 Å². The van der Waals surface area contributed by atoms with Gasteiger partial charge in [-0.25, -0.2) is 0 Å². The molecule has 0 fully saturated rings. The maximum absolute atomic E-state index is 10.4. The van der Waals surface area contributed by atoms with E-state index in [1.807, 2.05) is 66.7 Å². The van der Waals surface area contributed by atoms with Crippen LogP contribution in [-0.4, -0.2) is 5.97 Å². The molecule has 88 valence electrons. The molecule has 0 unspecified atom stereocenters. The Hall–Kier alpha value is -2.09. The van der Waals surface area contributed by atoms with Crippen LogP contribution < -0.4 is 0 Å². The third-order valence-corrected chi connectivity index (χ3v) is 1.95. The molecule has 0 saturated carbocycles.